The summed E-state index contributed by atoms with van der Waals surface area (Å²) in [4.78, 5) is 14.1. The highest BCUT2D eigenvalue weighted by atomic mass is 32.1. The van der Waals surface area contributed by atoms with Crippen molar-refractivity contribution >= 4 is 22.2 Å². The molecule has 30 heavy (non-hydrogen) atoms. The Hall–Kier alpha value is -2.94. The van der Waals surface area contributed by atoms with E-state index in [1.165, 1.54) is 22.1 Å². The quantitative estimate of drug-likeness (QED) is 0.450. The van der Waals surface area contributed by atoms with Gasteiger partial charge < -0.3 is 0 Å². The molecule has 4 rings (SSSR count). The van der Waals surface area contributed by atoms with E-state index in [-0.39, 0.29) is 6.54 Å². The molecule has 0 saturated heterocycles. The summed E-state index contributed by atoms with van der Waals surface area (Å²) in [5.41, 5.74) is -0.293. The first-order valence-electron chi connectivity index (χ1n) is 9.25. The average Bonchev–Trinajstić information content (AvgIpc) is 3.33. The Labute approximate surface area is 174 Å². The van der Waals surface area contributed by atoms with Crippen LogP contribution in [0.2, 0.25) is 0 Å². The van der Waals surface area contributed by atoms with E-state index in [0.29, 0.717) is 22.2 Å². The van der Waals surface area contributed by atoms with Crippen molar-refractivity contribution in [2.24, 2.45) is 0 Å². The molecule has 0 unspecified atom stereocenters. The summed E-state index contributed by atoms with van der Waals surface area (Å²) in [5.74, 6) is 0. The van der Waals surface area contributed by atoms with E-state index in [0.717, 1.165) is 17.0 Å². The molecule has 1 aromatic carbocycles. The van der Waals surface area contributed by atoms with Crippen molar-refractivity contribution in [1.29, 1.82) is 0 Å². The second-order valence-electron chi connectivity index (χ2n) is 7.98. The number of rotatable bonds is 3. The van der Waals surface area contributed by atoms with Crippen LogP contribution in [0.25, 0.3) is 21.5 Å². The van der Waals surface area contributed by atoms with Gasteiger partial charge in [0.05, 0.1) is 34.1 Å². The molecule has 0 aliphatic rings. The molecule has 0 N–H and O–H groups in total. The Morgan fingerprint density at radius 2 is 1.87 bits per heavy atom. The summed E-state index contributed by atoms with van der Waals surface area (Å²) in [6.07, 6.45) is -2.83. The van der Waals surface area contributed by atoms with E-state index in [4.69, 9.17) is 0 Å². The van der Waals surface area contributed by atoms with Crippen LogP contribution in [0, 0.1) is 0 Å². The molecule has 3 aromatic heterocycles. The zero-order valence-corrected chi connectivity index (χ0v) is 17.4. The molecule has 9 heteroatoms. The van der Waals surface area contributed by atoms with Crippen LogP contribution in [0.3, 0.4) is 0 Å². The summed E-state index contributed by atoms with van der Waals surface area (Å²) >= 11 is 1.47. The summed E-state index contributed by atoms with van der Waals surface area (Å²) in [6, 6.07) is 8.71. The maximum absolute atomic E-state index is 13.3. The second-order valence-corrected chi connectivity index (χ2v) is 8.92. The fourth-order valence-corrected chi connectivity index (χ4v) is 4.02. The third-order valence-electron chi connectivity index (χ3n) is 4.66. The van der Waals surface area contributed by atoms with E-state index < -0.39 is 22.8 Å². The van der Waals surface area contributed by atoms with Crippen LogP contribution in [0.15, 0.2) is 52.8 Å². The molecule has 3 heterocycles. The minimum absolute atomic E-state index is 0.0770. The van der Waals surface area contributed by atoms with Gasteiger partial charge in [0.1, 0.15) is 11.2 Å². The largest absolute Gasteiger partial charge is 0.416 e. The molecule has 4 aromatic rings. The molecule has 0 spiro atoms. The molecule has 0 aliphatic carbocycles. The maximum Gasteiger partial charge on any atom is 0.416 e. The fraction of sp³-hybridized carbons (Fsp3) is 0.286. The van der Waals surface area contributed by atoms with Crippen LogP contribution in [-0.2, 0) is 18.3 Å². The van der Waals surface area contributed by atoms with Gasteiger partial charge in [0.25, 0.3) is 5.56 Å². The Morgan fingerprint density at radius 1 is 1.10 bits per heavy atom. The standard InChI is InChI=1S/C21H19F3N4OS/c1-20(2,3)28-18-15(11-25-28)17(16-8-5-9-30-16)26-27(19(18)29)12-13-6-4-7-14(10-13)21(22,23)24/h4-11H,12H2,1-3H3. The van der Waals surface area contributed by atoms with Crippen LogP contribution in [-0.4, -0.2) is 19.6 Å². The number of fused-ring (bicyclic) bond motifs is 1. The fourth-order valence-electron chi connectivity index (χ4n) is 3.30. The maximum atomic E-state index is 13.3. The van der Waals surface area contributed by atoms with Gasteiger partial charge in [0.2, 0.25) is 0 Å². The molecular weight excluding hydrogens is 413 g/mol. The number of hydrogen-bond donors (Lipinski definition) is 0. The topological polar surface area (TPSA) is 52.7 Å². The highest BCUT2D eigenvalue weighted by molar-refractivity contribution is 7.13. The van der Waals surface area contributed by atoms with Gasteiger partial charge in [-0.25, -0.2) is 4.68 Å². The molecule has 0 aliphatic heterocycles. The van der Waals surface area contributed by atoms with Crippen LogP contribution in [0.5, 0.6) is 0 Å². The zero-order valence-electron chi connectivity index (χ0n) is 16.6. The van der Waals surface area contributed by atoms with Crippen molar-refractivity contribution in [1.82, 2.24) is 19.6 Å². The number of benzene rings is 1. The van der Waals surface area contributed by atoms with Crippen LogP contribution in [0.4, 0.5) is 13.2 Å². The monoisotopic (exact) mass is 432 g/mol. The number of halogens is 3. The first-order valence-corrected chi connectivity index (χ1v) is 10.1. The Balaban J connectivity index is 1.93. The third kappa shape index (κ3) is 3.65. The smallest absolute Gasteiger partial charge is 0.265 e. The van der Waals surface area contributed by atoms with Gasteiger partial charge in [-0.2, -0.15) is 23.4 Å². The molecular formula is C21H19F3N4OS. The lowest BCUT2D eigenvalue weighted by Gasteiger charge is -2.20. The summed E-state index contributed by atoms with van der Waals surface area (Å²) in [5, 5.41) is 11.4. The third-order valence-corrected chi connectivity index (χ3v) is 5.54. The van der Waals surface area contributed by atoms with Crippen molar-refractivity contribution in [2.45, 2.75) is 39.0 Å². The van der Waals surface area contributed by atoms with Gasteiger partial charge in [-0.1, -0.05) is 18.2 Å². The van der Waals surface area contributed by atoms with Gasteiger partial charge in [0.15, 0.2) is 0 Å². The molecule has 0 fully saturated rings. The number of hydrogen-bond acceptors (Lipinski definition) is 4. The van der Waals surface area contributed by atoms with Gasteiger partial charge in [-0.15, -0.1) is 11.3 Å². The predicted molar refractivity (Wildman–Crippen MR) is 111 cm³/mol. The molecule has 0 bridgehead atoms. The first-order chi connectivity index (χ1) is 14.1. The first kappa shape index (κ1) is 20.3. The number of thiophene rings is 1. The molecule has 0 atom stereocenters. The minimum Gasteiger partial charge on any atom is -0.265 e. The summed E-state index contributed by atoms with van der Waals surface area (Å²) < 4.78 is 42.1. The van der Waals surface area contributed by atoms with Gasteiger partial charge in [-0.05, 0) is 49.9 Å². The second kappa shape index (κ2) is 7.09. The Morgan fingerprint density at radius 3 is 2.50 bits per heavy atom. The predicted octanol–water partition coefficient (Wildman–Crippen LogP) is 5.14. The molecule has 0 saturated carbocycles. The van der Waals surface area contributed by atoms with E-state index in [1.807, 2.05) is 38.3 Å². The molecule has 0 radical (unpaired) electrons. The van der Waals surface area contributed by atoms with E-state index >= 15 is 0 Å². The highest BCUT2D eigenvalue weighted by Crippen LogP contribution is 2.31. The van der Waals surface area contributed by atoms with E-state index in [2.05, 4.69) is 10.2 Å². The van der Waals surface area contributed by atoms with Crippen molar-refractivity contribution < 1.29 is 13.2 Å². The van der Waals surface area contributed by atoms with Crippen molar-refractivity contribution in [2.75, 3.05) is 0 Å². The average molecular weight is 432 g/mol. The van der Waals surface area contributed by atoms with Gasteiger partial charge >= 0.3 is 6.18 Å². The van der Waals surface area contributed by atoms with Gasteiger partial charge in [-0.3, -0.25) is 9.48 Å². The Bertz CT molecular complexity index is 1260. The lowest BCUT2D eigenvalue weighted by molar-refractivity contribution is -0.137. The van der Waals surface area contributed by atoms with Crippen molar-refractivity contribution in [3.05, 3.63) is 69.5 Å². The SMILES string of the molecule is CC(C)(C)n1ncc2c(-c3cccs3)nn(Cc3cccc(C(F)(F)F)c3)c(=O)c21. The highest BCUT2D eigenvalue weighted by Gasteiger charge is 2.30. The summed E-state index contributed by atoms with van der Waals surface area (Å²) in [6.45, 7) is 5.72. The zero-order chi connectivity index (χ0) is 21.7. The lowest BCUT2D eigenvalue weighted by Crippen LogP contribution is -2.30. The van der Waals surface area contributed by atoms with Gasteiger partial charge in [0, 0.05) is 0 Å². The van der Waals surface area contributed by atoms with Crippen molar-refractivity contribution in [3.8, 4) is 10.6 Å². The van der Waals surface area contributed by atoms with Crippen LogP contribution >= 0.6 is 11.3 Å². The number of nitrogens with zero attached hydrogens (tertiary/aromatic N) is 4. The molecule has 5 nitrogen and oxygen atoms in total. The lowest BCUT2D eigenvalue weighted by atomic mass is 10.1. The minimum atomic E-state index is -4.45. The van der Waals surface area contributed by atoms with Crippen molar-refractivity contribution in [3.63, 3.8) is 0 Å². The van der Waals surface area contributed by atoms with Crippen LogP contribution in [0.1, 0.15) is 31.9 Å². The number of alkyl halides is 3. The molecule has 0 amide bonds. The normalized spacial score (nSPS) is 12.6. The van der Waals surface area contributed by atoms with Crippen LogP contribution < -0.4 is 5.56 Å². The van der Waals surface area contributed by atoms with E-state index in [1.54, 1.807) is 16.9 Å². The van der Waals surface area contributed by atoms with E-state index in [9.17, 15) is 18.0 Å². The number of aromatic nitrogens is 4. The summed E-state index contributed by atoms with van der Waals surface area (Å²) in [7, 11) is 0. The Kier molecular flexibility index (Phi) is 4.80. The molecule has 156 valence electrons.